The van der Waals surface area contributed by atoms with Gasteiger partial charge in [-0.1, -0.05) is 0 Å². The monoisotopic (exact) mass is 276 g/mol. The summed E-state index contributed by atoms with van der Waals surface area (Å²) in [6.07, 6.45) is 5.81. The summed E-state index contributed by atoms with van der Waals surface area (Å²) in [5.74, 6) is 1.10. The van der Waals surface area contributed by atoms with Crippen LogP contribution in [0.3, 0.4) is 0 Å². The molecule has 2 nitrogen and oxygen atoms in total. The molecule has 1 saturated heterocycles. The third kappa shape index (κ3) is 2.61. The van der Waals surface area contributed by atoms with Gasteiger partial charge in [0.15, 0.2) is 0 Å². The summed E-state index contributed by atoms with van der Waals surface area (Å²) in [6.45, 7) is 2.30. The van der Waals surface area contributed by atoms with Gasteiger partial charge in [-0.05, 0) is 47.3 Å². The fourth-order valence-corrected chi connectivity index (χ4v) is 2.22. The lowest BCUT2D eigenvalue weighted by molar-refractivity contribution is 0.573. The zero-order chi connectivity index (χ0) is 9.10. The van der Waals surface area contributed by atoms with Gasteiger partial charge in [-0.25, -0.2) is 4.98 Å². The number of pyridine rings is 1. The van der Waals surface area contributed by atoms with Crippen LogP contribution in [0.15, 0.2) is 22.8 Å². The van der Waals surface area contributed by atoms with E-state index in [-0.39, 0.29) is 12.4 Å². The Morgan fingerprint density at radius 1 is 1.21 bits per heavy atom. The van der Waals surface area contributed by atoms with Crippen LogP contribution in [0.1, 0.15) is 19.3 Å². The third-order valence-corrected chi connectivity index (χ3v) is 3.01. The first-order valence-electron chi connectivity index (χ1n) is 4.73. The lowest BCUT2D eigenvalue weighted by Gasteiger charge is -2.28. The van der Waals surface area contributed by atoms with Crippen LogP contribution in [0, 0.1) is 0 Å². The largest absolute Gasteiger partial charge is 0.356 e. The van der Waals surface area contributed by atoms with Crippen molar-refractivity contribution in [3.8, 4) is 0 Å². The van der Waals surface area contributed by atoms with Gasteiger partial charge in [-0.2, -0.15) is 0 Å². The number of anilines is 1. The lowest BCUT2D eigenvalue weighted by atomic mass is 10.1. The smallest absolute Gasteiger partial charge is 0.142 e. The highest BCUT2D eigenvalue weighted by molar-refractivity contribution is 9.10. The predicted molar refractivity (Wildman–Crippen MR) is 65.2 cm³/mol. The van der Waals surface area contributed by atoms with Crippen LogP contribution >= 0.6 is 28.3 Å². The Hall–Kier alpha value is -0.280. The summed E-state index contributed by atoms with van der Waals surface area (Å²) in [4.78, 5) is 6.74. The van der Waals surface area contributed by atoms with E-state index in [9.17, 15) is 0 Å². The molecule has 1 aromatic heterocycles. The Morgan fingerprint density at radius 3 is 2.57 bits per heavy atom. The van der Waals surface area contributed by atoms with E-state index in [1.807, 2.05) is 12.3 Å². The minimum atomic E-state index is 0. The molecule has 0 radical (unpaired) electrons. The zero-order valence-corrected chi connectivity index (χ0v) is 10.4. The van der Waals surface area contributed by atoms with Crippen LogP contribution in [0.25, 0.3) is 0 Å². The van der Waals surface area contributed by atoms with E-state index in [0.29, 0.717) is 0 Å². The second-order valence-corrected chi connectivity index (χ2v) is 4.21. The zero-order valence-electron chi connectivity index (χ0n) is 7.95. The van der Waals surface area contributed by atoms with Gasteiger partial charge < -0.3 is 4.90 Å². The van der Waals surface area contributed by atoms with Crippen LogP contribution in [0.5, 0.6) is 0 Å². The number of hydrogen-bond donors (Lipinski definition) is 0. The van der Waals surface area contributed by atoms with Crippen LogP contribution in [0.4, 0.5) is 5.82 Å². The molecular weight excluding hydrogens is 263 g/mol. The Morgan fingerprint density at radius 2 is 1.93 bits per heavy atom. The summed E-state index contributed by atoms with van der Waals surface area (Å²) in [5.41, 5.74) is 0. The Bertz CT molecular complexity index is 287. The van der Waals surface area contributed by atoms with Gasteiger partial charge in [-0.3, -0.25) is 0 Å². The summed E-state index contributed by atoms with van der Waals surface area (Å²) in [7, 11) is 0. The molecule has 2 heterocycles. The molecule has 0 unspecified atom stereocenters. The molecule has 2 rings (SSSR count). The molecule has 4 heteroatoms. The molecule has 1 aliphatic rings. The molecule has 0 amide bonds. The molecule has 0 atom stereocenters. The number of rotatable bonds is 1. The van der Waals surface area contributed by atoms with Gasteiger partial charge >= 0.3 is 0 Å². The van der Waals surface area contributed by atoms with Crippen LogP contribution in [-0.2, 0) is 0 Å². The number of halogens is 2. The highest BCUT2D eigenvalue weighted by Crippen LogP contribution is 2.25. The van der Waals surface area contributed by atoms with E-state index in [1.165, 1.54) is 19.3 Å². The van der Waals surface area contributed by atoms with Gasteiger partial charge in [0, 0.05) is 19.3 Å². The van der Waals surface area contributed by atoms with Crippen molar-refractivity contribution < 1.29 is 0 Å². The summed E-state index contributed by atoms with van der Waals surface area (Å²) < 4.78 is 1.11. The van der Waals surface area contributed by atoms with Crippen molar-refractivity contribution in [1.82, 2.24) is 4.98 Å². The number of aromatic nitrogens is 1. The molecule has 1 fully saturated rings. The van der Waals surface area contributed by atoms with Crippen molar-refractivity contribution in [3.05, 3.63) is 22.8 Å². The fraction of sp³-hybridized carbons (Fsp3) is 0.500. The van der Waals surface area contributed by atoms with Crippen LogP contribution in [0.2, 0.25) is 0 Å². The van der Waals surface area contributed by atoms with Gasteiger partial charge in [-0.15, -0.1) is 12.4 Å². The lowest BCUT2D eigenvalue weighted by Crippen LogP contribution is -2.30. The molecule has 0 bridgehead atoms. The Balaban J connectivity index is 0.000000980. The van der Waals surface area contributed by atoms with E-state index < -0.39 is 0 Å². The summed E-state index contributed by atoms with van der Waals surface area (Å²) in [5, 5.41) is 0. The quantitative estimate of drug-likeness (QED) is 0.783. The highest BCUT2D eigenvalue weighted by Gasteiger charge is 2.13. The highest BCUT2D eigenvalue weighted by atomic mass is 79.9. The van der Waals surface area contributed by atoms with Crippen molar-refractivity contribution in [3.63, 3.8) is 0 Å². The Kier molecular flexibility index (Phi) is 4.69. The molecule has 1 aromatic rings. The average Bonchev–Trinajstić information content (AvgIpc) is 2.20. The molecular formula is C10H14BrClN2. The predicted octanol–water partition coefficient (Wildman–Crippen LogP) is 3.26. The first-order valence-corrected chi connectivity index (χ1v) is 5.53. The van der Waals surface area contributed by atoms with E-state index in [2.05, 4.69) is 31.9 Å². The van der Waals surface area contributed by atoms with E-state index in [1.54, 1.807) is 0 Å². The first-order chi connectivity index (χ1) is 6.38. The topological polar surface area (TPSA) is 16.1 Å². The fourth-order valence-electron chi connectivity index (χ4n) is 1.72. The van der Waals surface area contributed by atoms with Crippen molar-refractivity contribution in [2.24, 2.45) is 0 Å². The molecule has 78 valence electrons. The van der Waals surface area contributed by atoms with Crippen LogP contribution < -0.4 is 4.90 Å². The number of nitrogens with zero attached hydrogens (tertiary/aromatic N) is 2. The van der Waals surface area contributed by atoms with Crippen LogP contribution in [-0.4, -0.2) is 18.1 Å². The van der Waals surface area contributed by atoms with Crippen molar-refractivity contribution in [2.45, 2.75) is 19.3 Å². The van der Waals surface area contributed by atoms with Crippen molar-refractivity contribution in [2.75, 3.05) is 18.0 Å². The maximum atomic E-state index is 4.38. The van der Waals surface area contributed by atoms with Gasteiger partial charge in [0.05, 0.1) is 4.47 Å². The standard InChI is InChI=1S/C10H13BrN2.ClH/c11-9-5-4-6-12-10(9)13-7-2-1-3-8-13;/h4-6H,1-3,7-8H2;1H. The molecule has 0 aromatic carbocycles. The minimum Gasteiger partial charge on any atom is -0.356 e. The second-order valence-electron chi connectivity index (χ2n) is 3.36. The Labute approximate surface area is 99.3 Å². The SMILES string of the molecule is Brc1cccnc1N1CCCCC1.Cl. The van der Waals surface area contributed by atoms with Gasteiger partial charge in [0.2, 0.25) is 0 Å². The third-order valence-electron chi connectivity index (χ3n) is 2.39. The van der Waals surface area contributed by atoms with Gasteiger partial charge in [0.1, 0.15) is 5.82 Å². The second kappa shape index (κ2) is 5.56. The molecule has 0 saturated carbocycles. The molecule has 0 spiro atoms. The summed E-state index contributed by atoms with van der Waals surface area (Å²) in [6, 6.07) is 4.01. The normalized spacial score (nSPS) is 16.2. The maximum Gasteiger partial charge on any atom is 0.142 e. The minimum absolute atomic E-state index is 0. The molecule has 0 N–H and O–H groups in total. The first kappa shape index (κ1) is 11.8. The van der Waals surface area contributed by atoms with Gasteiger partial charge in [0.25, 0.3) is 0 Å². The summed E-state index contributed by atoms with van der Waals surface area (Å²) >= 11 is 3.53. The van der Waals surface area contributed by atoms with E-state index in [0.717, 1.165) is 23.4 Å². The number of piperidine rings is 1. The average molecular weight is 278 g/mol. The molecule has 1 aliphatic heterocycles. The van der Waals surface area contributed by atoms with E-state index >= 15 is 0 Å². The number of hydrogen-bond acceptors (Lipinski definition) is 2. The molecule has 14 heavy (non-hydrogen) atoms. The van der Waals surface area contributed by atoms with E-state index in [4.69, 9.17) is 0 Å². The maximum absolute atomic E-state index is 4.38. The van der Waals surface area contributed by atoms with Crippen molar-refractivity contribution >= 4 is 34.2 Å². The molecule has 0 aliphatic carbocycles. The van der Waals surface area contributed by atoms with Crippen molar-refractivity contribution in [1.29, 1.82) is 0 Å².